The van der Waals surface area contributed by atoms with Crippen LogP contribution in [-0.2, 0) is 0 Å². The van der Waals surface area contributed by atoms with E-state index < -0.39 is 0 Å². The molecule has 1 aromatic heterocycles. The Morgan fingerprint density at radius 2 is 2.35 bits per heavy atom. The molecule has 2 N–H and O–H groups in total. The number of benzene rings is 1. The average molecular weight is 270 g/mol. The fourth-order valence-electron chi connectivity index (χ4n) is 2.45. The molecule has 104 valence electrons. The SMILES string of the molecule is O=C(N[C@H]1CCCNC1)c1cccc(-n2cccn2)c1. The molecule has 5 nitrogen and oxygen atoms in total. The first-order chi connectivity index (χ1) is 9.83. The van der Waals surface area contributed by atoms with Gasteiger partial charge in [0.1, 0.15) is 0 Å². The number of hydrogen-bond acceptors (Lipinski definition) is 3. The second-order valence-corrected chi connectivity index (χ2v) is 5.02. The van der Waals surface area contributed by atoms with Crippen molar-refractivity contribution in [2.75, 3.05) is 13.1 Å². The van der Waals surface area contributed by atoms with E-state index in [1.807, 2.05) is 36.5 Å². The Morgan fingerprint density at radius 3 is 3.10 bits per heavy atom. The molecule has 5 heteroatoms. The van der Waals surface area contributed by atoms with Crippen molar-refractivity contribution in [3.63, 3.8) is 0 Å². The van der Waals surface area contributed by atoms with Gasteiger partial charge >= 0.3 is 0 Å². The molecule has 2 aromatic rings. The van der Waals surface area contributed by atoms with Crippen LogP contribution in [0.2, 0.25) is 0 Å². The Bertz CT molecular complexity index is 573. The van der Waals surface area contributed by atoms with Gasteiger partial charge in [-0.15, -0.1) is 0 Å². The summed E-state index contributed by atoms with van der Waals surface area (Å²) in [5.41, 5.74) is 1.56. The zero-order chi connectivity index (χ0) is 13.8. The summed E-state index contributed by atoms with van der Waals surface area (Å²) >= 11 is 0. The molecule has 1 aromatic carbocycles. The van der Waals surface area contributed by atoms with Gasteiger partial charge in [-0.1, -0.05) is 6.07 Å². The zero-order valence-corrected chi connectivity index (χ0v) is 11.2. The van der Waals surface area contributed by atoms with E-state index in [0.29, 0.717) is 5.56 Å². The molecule has 1 aliphatic rings. The van der Waals surface area contributed by atoms with Crippen molar-refractivity contribution in [2.24, 2.45) is 0 Å². The van der Waals surface area contributed by atoms with Crippen LogP contribution in [0.5, 0.6) is 0 Å². The number of carbonyl (C=O) groups is 1. The molecule has 0 radical (unpaired) electrons. The van der Waals surface area contributed by atoms with E-state index in [1.165, 1.54) is 0 Å². The van der Waals surface area contributed by atoms with E-state index in [-0.39, 0.29) is 11.9 Å². The Balaban J connectivity index is 1.73. The molecule has 20 heavy (non-hydrogen) atoms. The smallest absolute Gasteiger partial charge is 0.251 e. The van der Waals surface area contributed by atoms with Gasteiger partial charge < -0.3 is 10.6 Å². The van der Waals surface area contributed by atoms with Gasteiger partial charge in [0.25, 0.3) is 5.91 Å². The van der Waals surface area contributed by atoms with E-state index in [0.717, 1.165) is 31.6 Å². The van der Waals surface area contributed by atoms with E-state index in [1.54, 1.807) is 10.9 Å². The molecular formula is C15H18N4O. The lowest BCUT2D eigenvalue weighted by Crippen LogP contribution is -2.45. The first kappa shape index (κ1) is 12.9. The molecule has 1 fully saturated rings. The summed E-state index contributed by atoms with van der Waals surface area (Å²) in [7, 11) is 0. The topological polar surface area (TPSA) is 59.0 Å². The largest absolute Gasteiger partial charge is 0.348 e. The summed E-state index contributed by atoms with van der Waals surface area (Å²) in [5.74, 6) is -0.0206. The fraction of sp³-hybridized carbons (Fsp3) is 0.333. The van der Waals surface area contributed by atoms with E-state index >= 15 is 0 Å². The minimum atomic E-state index is -0.0206. The van der Waals surface area contributed by atoms with Crippen molar-refractivity contribution in [1.82, 2.24) is 20.4 Å². The highest BCUT2D eigenvalue weighted by atomic mass is 16.1. The maximum absolute atomic E-state index is 12.3. The molecule has 1 atom stereocenters. The molecule has 0 aliphatic carbocycles. The van der Waals surface area contributed by atoms with Crippen LogP contribution < -0.4 is 10.6 Å². The van der Waals surface area contributed by atoms with Gasteiger partial charge in [-0.3, -0.25) is 4.79 Å². The molecule has 0 saturated carbocycles. The van der Waals surface area contributed by atoms with E-state index in [4.69, 9.17) is 0 Å². The monoisotopic (exact) mass is 270 g/mol. The minimum Gasteiger partial charge on any atom is -0.348 e. The van der Waals surface area contributed by atoms with Crippen molar-refractivity contribution in [1.29, 1.82) is 0 Å². The maximum atomic E-state index is 12.3. The lowest BCUT2D eigenvalue weighted by molar-refractivity contribution is 0.0930. The number of rotatable bonds is 3. The Hall–Kier alpha value is -2.14. The highest BCUT2D eigenvalue weighted by Crippen LogP contribution is 2.10. The molecule has 2 heterocycles. The number of aromatic nitrogens is 2. The van der Waals surface area contributed by atoms with Crippen molar-refractivity contribution in [3.05, 3.63) is 48.3 Å². The molecule has 0 spiro atoms. The number of nitrogens with zero attached hydrogens (tertiary/aromatic N) is 2. The van der Waals surface area contributed by atoms with Crippen LogP contribution >= 0.6 is 0 Å². The Morgan fingerprint density at radius 1 is 1.40 bits per heavy atom. The summed E-state index contributed by atoms with van der Waals surface area (Å²) in [6, 6.07) is 9.60. The summed E-state index contributed by atoms with van der Waals surface area (Å²) in [6.07, 6.45) is 5.73. The Labute approximate surface area is 118 Å². The van der Waals surface area contributed by atoms with Crippen LogP contribution in [0.15, 0.2) is 42.7 Å². The van der Waals surface area contributed by atoms with Crippen LogP contribution in [0, 0.1) is 0 Å². The highest BCUT2D eigenvalue weighted by molar-refractivity contribution is 5.94. The summed E-state index contributed by atoms with van der Waals surface area (Å²) < 4.78 is 1.75. The summed E-state index contributed by atoms with van der Waals surface area (Å²) in [5, 5.41) is 10.6. The van der Waals surface area contributed by atoms with Gasteiger partial charge in [0.15, 0.2) is 0 Å². The minimum absolute atomic E-state index is 0.0206. The number of nitrogens with one attached hydrogen (secondary N) is 2. The van der Waals surface area contributed by atoms with Gasteiger partial charge in [0.05, 0.1) is 5.69 Å². The molecule has 1 amide bonds. The third kappa shape index (κ3) is 2.88. The number of carbonyl (C=O) groups excluding carboxylic acids is 1. The predicted octanol–water partition coefficient (Wildman–Crippen LogP) is 1.35. The van der Waals surface area contributed by atoms with Crippen LogP contribution in [0.1, 0.15) is 23.2 Å². The van der Waals surface area contributed by atoms with Crippen molar-refractivity contribution in [3.8, 4) is 5.69 Å². The van der Waals surface area contributed by atoms with Crippen molar-refractivity contribution < 1.29 is 4.79 Å². The fourth-order valence-corrected chi connectivity index (χ4v) is 2.45. The van der Waals surface area contributed by atoms with Gasteiger partial charge in [-0.25, -0.2) is 4.68 Å². The van der Waals surface area contributed by atoms with Gasteiger partial charge in [0, 0.05) is 30.5 Å². The molecule has 0 unspecified atom stereocenters. The van der Waals surface area contributed by atoms with E-state index in [9.17, 15) is 4.79 Å². The summed E-state index contributed by atoms with van der Waals surface area (Å²) in [6.45, 7) is 1.89. The second-order valence-electron chi connectivity index (χ2n) is 5.02. The lowest BCUT2D eigenvalue weighted by Gasteiger charge is -2.23. The van der Waals surface area contributed by atoms with Crippen LogP contribution in [0.25, 0.3) is 5.69 Å². The molecule has 0 bridgehead atoms. The number of piperidine rings is 1. The van der Waals surface area contributed by atoms with Crippen LogP contribution in [0.3, 0.4) is 0 Å². The maximum Gasteiger partial charge on any atom is 0.251 e. The zero-order valence-electron chi connectivity index (χ0n) is 11.2. The molecule has 1 aliphatic heterocycles. The first-order valence-electron chi connectivity index (χ1n) is 6.94. The van der Waals surface area contributed by atoms with Crippen molar-refractivity contribution in [2.45, 2.75) is 18.9 Å². The highest BCUT2D eigenvalue weighted by Gasteiger charge is 2.16. The number of amides is 1. The van der Waals surface area contributed by atoms with Gasteiger partial charge in [-0.2, -0.15) is 5.10 Å². The van der Waals surface area contributed by atoms with Crippen molar-refractivity contribution >= 4 is 5.91 Å². The summed E-state index contributed by atoms with van der Waals surface area (Å²) in [4.78, 5) is 12.3. The first-order valence-corrected chi connectivity index (χ1v) is 6.94. The standard InChI is InChI=1S/C15H18N4O/c20-15(18-13-5-2-7-16-11-13)12-4-1-6-14(10-12)19-9-3-8-17-19/h1,3-4,6,8-10,13,16H,2,5,7,11H2,(H,18,20)/t13-/m0/s1. The third-order valence-electron chi connectivity index (χ3n) is 3.51. The average Bonchev–Trinajstić information content (AvgIpc) is 3.03. The molecule has 3 rings (SSSR count). The molecule has 1 saturated heterocycles. The quantitative estimate of drug-likeness (QED) is 0.885. The predicted molar refractivity (Wildman–Crippen MR) is 76.9 cm³/mol. The van der Waals surface area contributed by atoms with E-state index in [2.05, 4.69) is 15.7 Å². The molecular weight excluding hydrogens is 252 g/mol. The van der Waals surface area contributed by atoms with Crippen LogP contribution in [0.4, 0.5) is 0 Å². The van der Waals surface area contributed by atoms with Gasteiger partial charge in [0.2, 0.25) is 0 Å². The second kappa shape index (κ2) is 5.88. The Kier molecular flexibility index (Phi) is 3.78. The number of hydrogen-bond donors (Lipinski definition) is 2. The lowest BCUT2D eigenvalue weighted by atomic mass is 10.1. The van der Waals surface area contributed by atoms with Gasteiger partial charge in [-0.05, 0) is 43.7 Å². The third-order valence-corrected chi connectivity index (χ3v) is 3.51. The van der Waals surface area contributed by atoms with Crippen LogP contribution in [-0.4, -0.2) is 34.8 Å². The normalized spacial score (nSPS) is 18.7.